The van der Waals surface area contributed by atoms with Gasteiger partial charge >= 0.3 is 11.9 Å². The molecule has 1 atom stereocenters. The quantitative estimate of drug-likeness (QED) is 0.0436. The first-order chi connectivity index (χ1) is 22.0. The van der Waals surface area contributed by atoms with E-state index in [0.29, 0.717) is 25.9 Å². The number of hydrogen-bond donors (Lipinski definition) is 2. The Hall–Kier alpha value is -2.18. The van der Waals surface area contributed by atoms with Gasteiger partial charge in [0.2, 0.25) is 0 Å². The van der Waals surface area contributed by atoms with Crippen LogP contribution in [-0.4, -0.2) is 48.1 Å². The van der Waals surface area contributed by atoms with Crippen LogP contribution in [0.1, 0.15) is 155 Å². The Morgan fingerprint density at radius 3 is 1.42 bits per heavy atom. The summed E-state index contributed by atoms with van der Waals surface area (Å²) in [4.78, 5) is 23.8. The molecule has 0 unspecified atom stereocenters. The van der Waals surface area contributed by atoms with E-state index in [-0.39, 0.29) is 25.2 Å². The summed E-state index contributed by atoms with van der Waals surface area (Å²) < 4.78 is 10.3. The standard InChI is InChI=1S/C39H68O6/c1-36(2)30-26-22-18-14-11-12-16-20-24-28-32-39(43)45-35-37(41)34-44-38(42)31-27-23-19-15-10-8-6-4-3-5-7-9-13-17-21-25-29-33-40/h3,5-6,8-9,13,15,19,36-37,40-41H,4,7,10-12,14,16-18,20-35H2,1-2H3/b5-3-,8-6-,13-9-,19-15-/t37-/m1/s1. The van der Waals surface area contributed by atoms with Gasteiger partial charge in [0.05, 0.1) is 0 Å². The molecule has 6 heteroatoms. The Kier molecular flexibility index (Phi) is 33.0. The average Bonchev–Trinajstić information content (AvgIpc) is 3.02. The first-order valence-corrected chi connectivity index (χ1v) is 18.2. The van der Waals surface area contributed by atoms with Crippen molar-refractivity contribution in [3.8, 4) is 0 Å². The van der Waals surface area contributed by atoms with Gasteiger partial charge in [-0.2, -0.15) is 0 Å². The smallest absolute Gasteiger partial charge is 0.305 e. The first kappa shape index (κ1) is 42.8. The lowest BCUT2D eigenvalue weighted by Gasteiger charge is -2.12. The summed E-state index contributed by atoms with van der Waals surface area (Å²) in [6.45, 7) is 4.58. The zero-order valence-electron chi connectivity index (χ0n) is 29.0. The lowest BCUT2D eigenvalue weighted by atomic mass is 10.0. The second-order valence-corrected chi connectivity index (χ2v) is 12.5. The molecule has 0 saturated heterocycles. The zero-order chi connectivity index (χ0) is 33.1. The van der Waals surface area contributed by atoms with E-state index in [1.165, 1.54) is 51.4 Å². The van der Waals surface area contributed by atoms with Crippen molar-refractivity contribution in [3.05, 3.63) is 48.6 Å². The lowest BCUT2D eigenvalue weighted by molar-refractivity contribution is -0.152. The van der Waals surface area contributed by atoms with Crippen LogP contribution in [0.15, 0.2) is 48.6 Å². The summed E-state index contributed by atoms with van der Waals surface area (Å²) in [6, 6.07) is 0. The Bertz CT molecular complexity index is 782. The van der Waals surface area contributed by atoms with Crippen LogP contribution in [0.5, 0.6) is 0 Å². The predicted octanol–water partition coefficient (Wildman–Crippen LogP) is 9.89. The van der Waals surface area contributed by atoms with Gasteiger partial charge < -0.3 is 19.7 Å². The molecule has 0 saturated carbocycles. The Balaban J connectivity index is 3.56. The van der Waals surface area contributed by atoms with Crippen molar-refractivity contribution in [2.75, 3.05) is 19.8 Å². The molecule has 0 aromatic heterocycles. The summed E-state index contributed by atoms with van der Waals surface area (Å²) >= 11 is 0. The highest BCUT2D eigenvalue weighted by Gasteiger charge is 2.12. The molecule has 0 amide bonds. The fourth-order valence-corrected chi connectivity index (χ4v) is 4.77. The summed E-state index contributed by atoms with van der Waals surface area (Å²) in [5.41, 5.74) is 0. The number of carbonyl (C=O) groups excluding carboxylic acids is 2. The van der Waals surface area contributed by atoms with Gasteiger partial charge in [0.1, 0.15) is 19.3 Å². The van der Waals surface area contributed by atoms with Gasteiger partial charge in [0.25, 0.3) is 0 Å². The van der Waals surface area contributed by atoms with E-state index in [4.69, 9.17) is 14.6 Å². The number of aliphatic hydroxyl groups is 2. The van der Waals surface area contributed by atoms with Gasteiger partial charge in [-0.3, -0.25) is 9.59 Å². The summed E-state index contributed by atoms with van der Waals surface area (Å²) in [5, 5.41) is 18.7. The van der Waals surface area contributed by atoms with E-state index in [9.17, 15) is 14.7 Å². The zero-order valence-corrected chi connectivity index (χ0v) is 29.0. The maximum atomic E-state index is 11.9. The van der Waals surface area contributed by atoms with Gasteiger partial charge in [0, 0.05) is 19.4 Å². The molecule has 0 aromatic rings. The van der Waals surface area contributed by atoms with Gasteiger partial charge in [-0.1, -0.05) is 133 Å². The van der Waals surface area contributed by atoms with E-state index >= 15 is 0 Å². The SMILES string of the molecule is CC(C)CCCCCCCCCCCCC(=O)OC[C@H](O)COC(=O)CCC/C=C\C/C=C\C/C=C\C/C=C\CCCCCO. The highest BCUT2D eigenvalue weighted by molar-refractivity contribution is 5.69. The van der Waals surface area contributed by atoms with E-state index < -0.39 is 6.10 Å². The summed E-state index contributed by atoms with van der Waals surface area (Å²) in [6.07, 6.45) is 38.9. The molecule has 0 aromatic carbocycles. The number of esters is 2. The molecule has 0 spiro atoms. The van der Waals surface area contributed by atoms with Crippen LogP contribution in [0.3, 0.4) is 0 Å². The normalized spacial score (nSPS) is 12.8. The van der Waals surface area contributed by atoms with Crippen molar-refractivity contribution in [2.24, 2.45) is 5.92 Å². The van der Waals surface area contributed by atoms with Crippen molar-refractivity contribution >= 4 is 11.9 Å². The lowest BCUT2D eigenvalue weighted by Crippen LogP contribution is -2.25. The van der Waals surface area contributed by atoms with Crippen LogP contribution in [-0.2, 0) is 19.1 Å². The van der Waals surface area contributed by atoms with Crippen molar-refractivity contribution < 1.29 is 29.3 Å². The monoisotopic (exact) mass is 633 g/mol. The van der Waals surface area contributed by atoms with Crippen molar-refractivity contribution in [1.82, 2.24) is 0 Å². The van der Waals surface area contributed by atoms with Crippen molar-refractivity contribution in [1.29, 1.82) is 0 Å². The molecule has 0 aliphatic heterocycles. The van der Waals surface area contributed by atoms with Crippen LogP contribution in [0.2, 0.25) is 0 Å². The molecule has 0 bridgehead atoms. The minimum Gasteiger partial charge on any atom is -0.463 e. The van der Waals surface area contributed by atoms with E-state index in [1.807, 2.05) is 0 Å². The molecule has 0 rings (SSSR count). The maximum Gasteiger partial charge on any atom is 0.305 e. The molecule has 0 heterocycles. The third-order valence-electron chi connectivity index (χ3n) is 7.55. The van der Waals surface area contributed by atoms with Crippen molar-refractivity contribution in [2.45, 2.75) is 161 Å². The van der Waals surface area contributed by atoms with Gasteiger partial charge in [-0.25, -0.2) is 0 Å². The Labute approximate surface area is 276 Å². The highest BCUT2D eigenvalue weighted by atomic mass is 16.6. The molecular formula is C39H68O6. The average molecular weight is 633 g/mol. The Morgan fingerprint density at radius 1 is 0.533 bits per heavy atom. The summed E-state index contributed by atoms with van der Waals surface area (Å²) in [5.74, 6) is 0.176. The number of hydrogen-bond acceptors (Lipinski definition) is 6. The van der Waals surface area contributed by atoms with Gasteiger partial charge in [0.15, 0.2) is 0 Å². The molecule has 0 aliphatic rings. The predicted molar refractivity (Wildman–Crippen MR) is 188 cm³/mol. The largest absolute Gasteiger partial charge is 0.463 e. The molecule has 0 aliphatic carbocycles. The molecule has 260 valence electrons. The van der Waals surface area contributed by atoms with Gasteiger partial charge in [-0.05, 0) is 63.7 Å². The number of carbonyl (C=O) groups is 2. The molecule has 0 radical (unpaired) electrons. The van der Waals surface area contributed by atoms with Crippen LogP contribution in [0.4, 0.5) is 0 Å². The third-order valence-corrected chi connectivity index (χ3v) is 7.55. The third kappa shape index (κ3) is 36.2. The molecule has 2 N–H and O–H groups in total. The number of unbranched alkanes of at least 4 members (excludes halogenated alkanes) is 13. The molecule has 45 heavy (non-hydrogen) atoms. The Morgan fingerprint density at radius 2 is 0.933 bits per heavy atom. The molecule has 6 nitrogen and oxygen atoms in total. The van der Waals surface area contributed by atoms with Crippen LogP contribution >= 0.6 is 0 Å². The van der Waals surface area contributed by atoms with E-state index in [0.717, 1.165) is 76.5 Å². The second kappa shape index (κ2) is 34.7. The van der Waals surface area contributed by atoms with Crippen LogP contribution in [0.25, 0.3) is 0 Å². The van der Waals surface area contributed by atoms with Crippen LogP contribution in [0, 0.1) is 5.92 Å². The minimum atomic E-state index is -0.992. The topological polar surface area (TPSA) is 93.1 Å². The van der Waals surface area contributed by atoms with Crippen molar-refractivity contribution in [3.63, 3.8) is 0 Å². The molecular weight excluding hydrogens is 564 g/mol. The molecule has 0 fully saturated rings. The summed E-state index contributed by atoms with van der Waals surface area (Å²) in [7, 11) is 0. The number of allylic oxidation sites excluding steroid dienone is 8. The minimum absolute atomic E-state index is 0.140. The van der Waals surface area contributed by atoms with Gasteiger partial charge in [-0.15, -0.1) is 0 Å². The van der Waals surface area contributed by atoms with E-state index in [1.54, 1.807) is 0 Å². The first-order valence-electron chi connectivity index (χ1n) is 18.2. The number of ether oxygens (including phenoxy) is 2. The maximum absolute atomic E-state index is 11.9. The van der Waals surface area contributed by atoms with E-state index in [2.05, 4.69) is 62.5 Å². The fourth-order valence-electron chi connectivity index (χ4n) is 4.77. The second-order valence-electron chi connectivity index (χ2n) is 12.5. The van der Waals surface area contributed by atoms with Crippen LogP contribution < -0.4 is 0 Å². The number of rotatable bonds is 32. The number of aliphatic hydroxyl groups excluding tert-OH is 2. The highest BCUT2D eigenvalue weighted by Crippen LogP contribution is 2.14. The fraction of sp³-hybridized carbons (Fsp3) is 0.744.